The molecule has 0 bridgehead atoms. The largest absolute Gasteiger partial charge is 0.416 e. The molecule has 1 atom stereocenters. The number of amides is 2. The van der Waals surface area contributed by atoms with Gasteiger partial charge in [-0.05, 0) is 0 Å². The molecule has 0 aromatic heterocycles. The van der Waals surface area contributed by atoms with Crippen molar-refractivity contribution < 1.29 is 32.7 Å². The molecule has 120 valence electrons. The maximum Gasteiger partial charge on any atom is 0.416 e. The third kappa shape index (κ3) is 4.14. The number of alkyl halides is 3. The fraction of sp³-hybridized carbons (Fsp3) is 0.357. The average molecular weight is 317 g/mol. The summed E-state index contributed by atoms with van der Waals surface area (Å²) in [7, 11) is 0. The molecule has 5 nitrogen and oxygen atoms in total. The number of rotatable bonds is 2. The Morgan fingerprint density at radius 2 is 1.82 bits per heavy atom. The van der Waals surface area contributed by atoms with Crippen molar-refractivity contribution in [1.29, 1.82) is 0 Å². The summed E-state index contributed by atoms with van der Waals surface area (Å²) in [5.74, 6) is -2.13. The molecule has 1 aromatic rings. The maximum atomic E-state index is 11.8. The first-order valence-electron chi connectivity index (χ1n) is 6.33. The predicted octanol–water partition coefficient (Wildman–Crippen LogP) is 1.45. The second-order valence-electron chi connectivity index (χ2n) is 4.55. The fourth-order valence-electron chi connectivity index (χ4n) is 1.73. The van der Waals surface area contributed by atoms with E-state index >= 15 is 0 Å². The highest BCUT2D eigenvalue weighted by Crippen LogP contribution is 2.28. The molecule has 0 saturated carbocycles. The first-order valence-corrected chi connectivity index (χ1v) is 6.33. The molecule has 2 rings (SSSR count). The molecule has 0 aliphatic carbocycles. The minimum Gasteiger partial charge on any atom is -0.373 e. The molecule has 1 saturated heterocycles. The average Bonchev–Trinajstić information content (AvgIpc) is 2.73. The third-order valence-corrected chi connectivity index (χ3v) is 2.93. The molecule has 0 spiro atoms. The van der Waals surface area contributed by atoms with Gasteiger partial charge < -0.3 is 5.11 Å². The van der Waals surface area contributed by atoms with Crippen molar-refractivity contribution in [2.24, 2.45) is 0 Å². The van der Waals surface area contributed by atoms with E-state index in [0.29, 0.717) is 0 Å². The van der Waals surface area contributed by atoms with Gasteiger partial charge in [-0.25, -0.2) is 0 Å². The second kappa shape index (κ2) is 6.69. The lowest BCUT2D eigenvalue weighted by Gasteiger charge is -2.14. The number of Topliss-reactive ketones (excluding diaryl/α,β-unsaturated/α-hetero) is 1. The van der Waals surface area contributed by atoms with Crippen molar-refractivity contribution in [3.8, 4) is 0 Å². The topological polar surface area (TPSA) is 83.5 Å². The fourth-order valence-corrected chi connectivity index (χ4v) is 1.73. The SMILES string of the molecule is CCC(=O)C1(O)CC(=O)NC1=O.FC(F)(F)c1ccccc1. The van der Waals surface area contributed by atoms with E-state index in [9.17, 15) is 32.7 Å². The van der Waals surface area contributed by atoms with E-state index in [0.717, 1.165) is 12.1 Å². The molecule has 22 heavy (non-hydrogen) atoms. The molecule has 1 heterocycles. The van der Waals surface area contributed by atoms with E-state index in [4.69, 9.17) is 0 Å². The number of halogens is 3. The van der Waals surface area contributed by atoms with Crippen molar-refractivity contribution in [2.75, 3.05) is 0 Å². The van der Waals surface area contributed by atoms with Gasteiger partial charge in [-0.15, -0.1) is 0 Å². The minimum atomic E-state index is -4.21. The Labute approximate surface area is 124 Å². The van der Waals surface area contributed by atoms with Gasteiger partial charge in [-0.3, -0.25) is 19.7 Å². The van der Waals surface area contributed by atoms with Crippen LogP contribution in [-0.4, -0.2) is 28.3 Å². The Morgan fingerprint density at radius 3 is 2.14 bits per heavy atom. The number of nitrogens with one attached hydrogen (secondary N) is 1. The van der Waals surface area contributed by atoms with E-state index in [1.165, 1.54) is 19.1 Å². The Balaban J connectivity index is 0.000000224. The summed E-state index contributed by atoms with van der Waals surface area (Å²) in [4.78, 5) is 32.6. The van der Waals surface area contributed by atoms with Crippen LogP contribution < -0.4 is 5.32 Å². The highest BCUT2D eigenvalue weighted by Gasteiger charge is 2.50. The van der Waals surface area contributed by atoms with Crippen LogP contribution in [0.3, 0.4) is 0 Å². The number of carbonyl (C=O) groups is 3. The number of hydrogen-bond donors (Lipinski definition) is 2. The molecular formula is C14H14F3NO4. The van der Waals surface area contributed by atoms with Crippen LogP contribution in [0.15, 0.2) is 30.3 Å². The molecule has 0 radical (unpaired) electrons. The highest BCUT2D eigenvalue weighted by atomic mass is 19.4. The van der Waals surface area contributed by atoms with Gasteiger partial charge in [0.05, 0.1) is 12.0 Å². The smallest absolute Gasteiger partial charge is 0.373 e. The summed E-state index contributed by atoms with van der Waals surface area (Å²) in [6.45, 7) is 1.52. The maximum absolute atomic E-state index is 11.8. The Morgan fingerprint density at radius 1 is 1.27 bits per heavy atom. The lowest BCUT2D eigenvalue weighted by atomic mass is 9.95. The third-order valence-electron chi connectivity index (χ3n) is 2.93. The van der Waals surface area contributed by atoms with E-state index in [2.05, 4.69) is 0 Å². The summed E-state index contributed by atoms with van der Waals surface area (Å²) >= 11 is 0. The quantitative estimate of drug-likeness (QED) is 0.639. The highest BCUT2D eigenvalue weighted by molar-refractivity contribution is 6.20. The lowest BCUT2D eigenvalue weighted by molar-refractivity contribution is -0.148. The van der Waals surface area contributed by atoms with Crippen LogP contribution in [0.1, 0.15) is 25.3 Å². The standard InChI is InChI=1S/C7H5F3.C7H9NO4/c8-7(9,10)6-4-2-1-3-5-6;1-2-4(9)7(12)3-5(10)8-6(7)11/h1-5H;12H,2-3H2,1H3,(H,8,10,11). The predicted molar refractivity (Wildman–Crippen MR) is 69.5 cm³/mol. The molecule has 2 amide bonds. The van der Waals surface area contributed by atoms with Crippen molar-refractivity contribution >= 4 is 17.6 Å². The molecule has 1 aliphatic rings. The Bertz CT molecular complexity index is 571. The van der Waals surface area contributed by atoms with Gasteiger partial charge in [0.1, 0.15) is 0 Å². The van der Waals surface area contributed by atoms with Crippen LogP contribution in [0.2, 0.25) is 0 Å². The van der Waals surface area contributed by atoms with Gasteiger partial charge in [0, 0.05) is 6.42 Å². The van der Waals surface area contributed by atoms with Gasteiger partial charge in [-0.2, -0.15) is 13.2 Å². The van der Waals surface area contributed by atoms with E-state index in [1.54, 1.807) is 6.07 Å². The van der Waals surface area contributed by atoms with Gasteiger partial charge >= 0.3 is 6.18 Å². The molecule has 1 fully saturated rings. The number of hydrogen-bond acceptors (Lipinski definition) is 4. The molecular weight excluding hydrogens is 303 g/mol. The summed E-state index contributed by atoms with van der Waals surface area (Å²) in [5, 5.41) is 11.3. The summed E-state index contributed by atoms with van der Waals surface area (Å²) < 4.78 is 35.4. The molecule has 8 heteroatoms. The normalized spacial score (nSPS) is 21.0. The first-order chi connectivity index (χ1) is 10.1. The zero-order valence-electron chi connectivity index (χ0n) is 11.6. The van der Waals surface area contributed by atoms with Crippen LogP contribution in [-0.2, 0) is 20.6 Å². The Hall–Kier alpha value is -2.22. The minimum absolute atomic E-state index is 0.0389. The van der Waals surface area contributed by atoms with Crippen LogP contribution in [0, 0.1) is 0 Å². The van der Waals surface area contributed by atoms with Crippen LogP contribution in [0.4, 0.5) is 13.2 Å². The zero-order chi connectivity index (χ0) is 17.0. The van der Waals surface area contributed by atoms with E-state index in [1.807, 2.05) is 5.32 Å². The Kier molecular flexibility index (Phi) is 5.43. The number of ketones is 1. The number of benzene rings is 1. The number of carbonyl (C=O) groups excluding carboxylic acids is 3. The van der Waals surface area contributed by atoms with Gasteiger partial charge in [0.25, 0.3) is 5.91 Å². The van der Waals surface area contributed by atoms with Crippen molar-refractivity contribution in [3.63, 3.8) is 0 Å². The van der Waals surface area contributed by atoms with E-state index in [-0.39, 0.29) is 6.42 Å². The number of aliphatic hydroxyl groups is 1. The molecule has 1 unspecified atom stereocenters. The molecule has 1 aromatic carbocycles. The summed E-state index contributed by atoms with van der Waals surface area (Å²) in [6, 6.07) is 6.36. The van der Waals surface area contributed by atoms with Crippen molar-refractivity contribution in [2.45, 2.75) is 31.5 Å². The van der Waals surface area contributed by atoms with Gasteiger partial charge in [0.2, 0.25) is 11.5 Å². The zero-order valence-corrected chi connectivity index (χ0v) is 11.6. The van der Waals surface area contributed by atoms with Crippen LogP contribution in [0.5, 0.6) is 0 Å². The van der Waals surface area contributed by atoms with Crippen molar-refractivity contribution in [3.05, 3.63) is 35.9 Å². The van der Waals surface area contributed by atoms with Gasteiger partial charge in [-0.1, -0.05) is 37.3 Å². The molecule has 1 aliphatic heterocycles. The molecule has 2 N–H and O–H groups in total. The summed E-state index contributed by atoms with van der Waals surface area (Å²) in [6.07, 6.45) is -4.61. The second-order valence-corrected chi connectivity index (χ2v) is 4.55. The monoisotopic (exact) mass is 317 g/mol. The van der Waals surface area contributed by atoms with E-state index < -0.39 is 41.4 Å². The lowest BCUT2D eigenvalue weighted by Crippen LogP contribution is -2.45. The van der Waals surface area contributed by atoms with Gasteiger partial charge in [0.15, 0.2) is 5.78 Å². The number of imide groups is 1. The first kappa shape index (κ1) is 17.8. The van der Waals surface area contributed by atoms with Crippen LogP contribution >= 0.6 is 0 Å². The summed E-state index contributed by atoms with van der Waals surface area (Å²) in [5.41, 5.74) is -2.71. The van der Waals surface area contributed by atoms with Crippen LogP contribution in [0.25, 0.3) is 0 Å². The van der Waals surface area contributed by atoms with Crippen molar-refractivity contribution in [1.82, 2.24) is 5.32 Å².